The maximum absolute atomic E-state index is 12.4. The fourth-order valence-corrected chi connectivity index (χ4v) is 2.78. The highest BCUT2D eigenvalue weighted by molar-refractivity contribution is 5.97. The Morgan fingerprint density at radius 1 is 1.40 bits per heavy atom. The van der Waals surface area contributed by atoms with E-state index in [0.717, 1.165) is 5.56 Å². The van der Waals surface area contributed by atoms with E-state index in [0.29, 0.717) is 31.7 Å². The number of fused-ring (bicyclic) bond motifs is 1. The minimum atomic E-state index is -0.179. The minimum Gasteiger partial charge on any atom is -0.507 e. The van der Waals surface area contributed by atoms with Gasteiger partial charge in [0.05, 0.1) is 11.6 Å². The molecule has 2 saturated heterocycles. The van der Waals surface area contributed by atoms with Gasteiger partial charge in [-0.1, -0.05) is 6.07 Å². The summed E-state index contributed by atoms with van der Waals surface area (Å²) in [7, 11) is 0. The number of aryl methyl sites for hydroxylation is 1. The highest BCUT2D eigenvalue weighted by Gasteiger charge is 2.37. The Hall–Kier alpha value is -2.24. The standard InChI is InChI=1S/C14H17N3O3/c1-9-2-3-11(12(18)6-9)13(19)16-4-5-17-10(8-16)7-15-14(17)20/h2-3,6,10,18H,4-5,7-8H2,1H3,(H,15,20). The fourth-order valence-electron chi connectivity index (χ4n) is 2.78. The van der Waals surface area contributed by atoms with Crippen molar-refractivity contribution in [2.24, 2.45) is 0 Å². The molecule has 2 heterocycles. The van der Waals surface area contributed by atoms with Gasteiger partial charge in [-0.2, -0.15) is 0 Å². The highest BCUT2D eigenvalue weighted by atomic mass is 16.3. The van der Waals surface area contributed by atoms with E-state index in [1.807, 2.05) is 13.0 Å². The van der Waals surface area contributed by atoms with Crippen LogP contribution in [0.1, 0.15) is 15.9 Å². The van der Waals surface area contributed by atoms with E-state index < -0.39 is 0 Å². The number of phenols is 1. The Labute approximate surface area is 117 Å². The number of hydrogen-bond acceptors (Lipinski definition) is 3. The first-order chi connectivity index (χ1) is 9.56. The van der Waals surface area contributed by atoms with Gasteiger partial charge >= 0.3 is 6.03 Å². The third-order valence-electron chi connectivity index (χ3n) is 3.90. The van der Waals surface area contributed by atoms with E-state index in [1.165, 1.54) is 0 Å². The molecule has 6 heteroatoms. The second kappa shape index (κ2) is 4.70. The van der Waals surface area contributed by atoms with Crippen LogP contribution in [0.25, 0.3) is 0 Å². The molecule has 1 aromatic rings. The lowest BCUT2D eigenvalue weighted by atomic mass is 10.1. The summed E-state index contributed by atoms with van der Waals surface area (Å²) in [5.41, 5.74) is 1.23. The van der Waals surface area contributed by atoms with Crippen LogP contribution in [0.5, 0.6) is 5.75 Å². The van der Waals surface area contributed by atoms with Crippen molar-refractivity contribution in [2.75, 3.05) is 26.2 Å². The number of carbonyl (C=O) groups is 2. The largest absolute Gasteiger partial charge is 0.507 e. The van der Waals surface area contributed by atoms with Gasteiger partial charge in [0, 0.05) is 26.2 Å². The van der Waals surface area contributed by atoms with E-state index in [1.54, 1.807) is 21.9 Å². The van der Waals surface area contributed by atoms with Crippen LogP contribution in [-0.2, 0) is 0 Å². The summed E-state index contributed by atoms with van der Waals surface area (Å²) in [4.78, 5) is 27.4. The maximum atomic E-state index is 12.4. The molecular formula is C14H17N3O3. The molecule has 2 aliphatic rings. The molecular weight excluding hydrogens is 258 g/mol. The Morgan fingerprint density at radius 2 is 2.20 bits per heavy atom. The van der Waals surface area contributed by atoms with Crippen LogP contribution in [0.15, 0.2) is 18.2 Å². The van der Waals surface area contributed by atoms with Crippen molar-refractivity contribution in [1.82, 2.24) is 15.1 Å². The lowest BCUT2D eigenvalue weighted by Gasteiger charge is -2.36. The molecule has 1 atom stereocenters. The van der Waals surface area contributed by atoms with E-state index in [9.17, 15) is 14.7 Å². The molecule has 0 radical (unpaired) electrons. The maximum Gasteiger partial charge on any atom is 0.317 e. The molecule has 0 aromatic heterocycles. The number of piperazine rings is 1. The van der Waals surface area contributed by atoms with Gasteiger partial charge < -0.3 is 20.2 Å². The molecule has 20 heavy (non-hydrogen) atoms. The van der Waals surface area contributed by atoms with Gasteiger partial charge in [0.25, 0.3) is 5.91 Å². The Kier molecular flexibility index (Phi) is 3.00. The zero-order valence-corrected chi connectivity index (χ0v) is 11.3. The van der Waals surface area contributed by atoms with Crippen molar-refractivity contribution in [3.63, 3.8) is 0 Å². The molecule has 6 nitrogen and oxygen atoms in total. The minimum absolute atomic E-state index is 0.0121. The smallest absolute Gasteiger partial charge is 0.317 e. The Balaban J connectivity index is 1.77. The molecule has 0 saturated carbocycles. The fraction of sp³-hybridized carbons (Fsp3) is 0.429. The molecule has 1 aromatic carbocycles. The summed E-state index contributed by atoms with van der Waals surface area (Å²) >= 11 is 0. The third-order valence-corrected chi connectivity index (χ3v) is 3.90. The lowest BCUT2D eigenvalue weighted by Crippen LogP contribution is -2.53. The van der Waals surface area contributed by atoms with Gasteiger partial charge in [0.15, 0.2) is 0 Å². The number of benzene rings is 1. The normalized spacial score (nSPS) is 21.6. The molecule has 2 aliphatic heterocycles. The molecule has 0 spiro atoms. The van der Waals surface area contributed by atoms with Gasteiger partial charge in [-0.3, -0.25) is 4.79 Å². The van der Waals surface area contributed by atoms with Crippen LogP contribution in [-0.4, -0.2) is 59.1 Å². The lowest BCUT2D eigenvalue weighted by molar-refractivity contribution is 0.0614. The third kappa shape index (κ3) is 2.07. The predicted molar refractivity (Wildman–Crippen MR) is 72.6 cm³/mol. The van der Waals surface area contributed by atoms with Crippen LogP contribution in [0.4, 0.5) is 4.79 Å². The molecule has 3 rings (SSSR count). The van der Waals surface area contributed by atoms with Gasteiger partial charge in [-0.25, -0.2) is 4.79 Å². The number of nitrogens with one attached hydrogen (secondary N) is 1. The number of hydrogen-bond donors (Lipinski definition) is 2. The first-order valence-corrected chi connectivity index (χ1v) is 6.69. The van der Waals surface area contributed by atoms with Gasteiger partial charge in [-0.05, 0) is 24.6 Å². The van der Waals surface area contributed by atoms with Gasteiger partial charge in [0.1, 0.15) is 5.75 Å². The van der Waals surface area contributed by atoms with Crippen molar-refractivity contribution in [3.8, 4) is 5.75 Å². The monoisotopic (exact) mass is 275 g/mol. The van der Waals surface area contributed by atoms with Crippen LogP contribution >= 0.6 is 0 Å². The molecule has 0 aliphatic carbocycles. The second-order valence-corrected chi connectivity index (χ2v) is 5.31. The summed E-state index contributed by atoms with van der Waals surface area (Å²) in [6.07, 6.45) is 0. The number of amides is 3. The number of rotatable bonds is 1. The summed E-state index contributed by atoms with van der Waals surface area (Å²) in [5, 5.41) is 12.7. The zero-order valence-electron chi connectivity index (χ0n) is 11.3. The summed E-state index contributed by atoms with van der Waals surface area (Å²) in [6, 6.07) is 5.03. The topological polar surface area (TPSA) is 72.9 Å². The summed E-state index contributed by atoms with van der Waals surface area (Å²) in [5.74, 6) is -0.167. The first-order valence-electron chi connectivity index (χ1n) is 6.69. The molecule has 2 N–H and O–H groups in total. The van der Waals surface area contributed by atoms with Crippen LogP contribution in [0.2, 0.25) is 0 Å². The van der Waals surface area contributed by atoms with Gasteiger partial charge in [-0.15, -0.1) is 0 Å². The van der Waals surface area contributed by atoms with E-state index in [-0.39, 0.29) is 23.7 Å². The molecule has 106 valence electrons. The van der Waals surface area contributed by atoms with E-state index >= 15 is 0 Å². The Bertz CT molecular complexity index is 573. The molecule has 0 bridgehead atoms. The van der Waals surface area contributed by atoms with Crippen LogP contribution < -0.4 is 5.32 Å². The van der Waals surface area contributed by atoms with Crippen molar-refractivity contribution in [3.05, 3.63) is 29.3 Å². The van der Waals surface area contributed by atoms with Crippen molar-refractivity contribution in [1.29, 1.82) is 0 Å². The van der Waals surface area contributed by atoms with Crippen LogP contribution in [0, 0.1) is 6.92 Å². The number of carbonyl (C=O) groups excluding carboxylic acids is 2. The molecule has 2 fully saturated rings. The average Bonchev–Trinajstić information content (AvgIpc) is 2.79. The predicted octanol–water partition coefficient (Wildman–Crippen LogP) is 0.550. The molecule has 1 unspecified atom stereocenters. The van der Waals surface area contributed by atoms with Crippen molar-refractivity contribution < 1.29 is 14.7 Å². The SMILES string of the molecule is Cc1ccc(C(=O)N2CCN3C(=O)NCC3C2)c(O)c1. The Morgan fingerprint density at radius 3 is 2.95 bits per heavy atom. The average molecular weight is 275 g/mol. The van der Waals surface area contributed by atoms with Gasteiger partial charge in [0.2, 0.25) is 0 Å². The number of phenolic OH excluding ortho intramolecular Hbond substituents is 1. The zero-order chi connectivity index (χ0) is 14.3. The van der Waals surface area contributed by atoms with E-state index in [4.69, 9.17) is 0 Å². The molecule has 3 amide bonds. The summed E-state index contributed by atoms with van der Waals surface area (Å²) in [6.45, 7) is 3.97. The first kappa shape index (κ1) is 12.8. The summed E-state index contributed by atoms with van der Waals surface area (Å²) < 4.78 is 0. The number of urea groups is 1. The second-order valence-electron chi connectivity index (χ2n) is 5.31. The van der Waals surface area contributed by atoms with Crippen molar-refractivity contribution >= 4 is 11.9 Å². The number of nitrogens with zero attached hydrogens (tertiary/aromatic N) is 2. The van der Waals surface area contributed by atoms with Crippen LogP contribution in [0.3, 0.4) is 0 Å². The number of aromatic hydroxyl groups is 1. The highest BCUT2D eigenvalue weighted by Crippen LogP contribution is 2.22. The quantitative estimate of drug-likeness (QED) is 0.786. The van der Waals surface area contributed by atoms with E-state index in [2.05, 4.69) is 5.32 Å². The van der Waals surface area contributed by atoms with Crippen molar-refractivity contribution in [2.45, 2.75) is 13.0 Å².